The van der Waals surface area contributed by atoms with E-state index in [1.807, 2.05) is 30.6 Å². The summed E-state index contributed by atoms with van der Waals surface area (Å²) in [6, 6.07) is 8.18. The minimum absolute atomic E-state index is 0.502. The van der Waals surface area contributed by atoms with Crippen LogP contribution in [-0.4, -0.2) is 16.1 Å². The third-order valence-electron chi connectivity index (χ3n) is 3.34. The normalized spacial score (nSPS) is 11.0. The molecule has 114 valence electrons. The monoisotopic (exact) mass is 287 g/mol. The second-order valence-electron chi connectivity index (χ2n) is 5.55. The molecule has 1 aromatic carbocycles. The molecule has 0 bridgehead atoms. The molecule has 0 spiro atoms. The summed E-state index contributed by atoms with van der Waals surface area (Å²) in [5, 5.41) is 3.46. The van der Waals surface area contributed by atoms with E-state index in [1.54, 1.807) is 0 Å². The van der Waals surface area contributed by atoms with Gasteiger partial charge in [-0.25, -0.2) is 4.98 Å². The van der Waals surface area contributed by atoms with E-state index in [1.165, 1.54) is 5.56 Å². The van der Waals surface area contributed by atoms with E-state index < -0.39 is 0 Å². The Kier molecular flexibility index (Phi) is 5.81. The fraction of sp³-hybridized carbons (Fsp3) is 0.471. The minimum atomic E-state index is 0.502. The highest BCUT2D eigenvalue weighted by molar-refractivity contribution is 5.33. The lowest BCUT2D eigenvalue weighted by Crippen LogP contribution is -2.19. The van der Waals surface area contributed by atoms with Crippen molar-refractivity contribution in [1.29, 1.82) is 0 Å². The van der Waals surface area contributed by atoms with Crippen LogP contribution < -0.4 is 10.1 Å². The molecule has 0 amide bonds. The first kappa shape index (κ1) is 15.6. The van der Waals surface area contributed by atoms with Gasteiger partial charge in [-0.15, -0.1) is 0 Å². The number of hydrogen-bond donors (Lipinski definition) is 1. The summed E-state index contributed by atoms with van der Waals surface area (Å²) in [5.74, 6) is 2.54. The quantitative estimate of drug-likeness (QED) is 0.810. The molecular weight excluding hydrogens is 262 g/mol. The van der Waals surface area contributed by atoms with Gasteiger partial charge in [-0.2, -0.15) is 0 Å². The fourth-order valence-corrected chi connectivity index (χ4v) is 2.20. The van der Waals surface area contributed by atoms with Crippen molar-refractivity contribution >= 4 is 0 Å². The average Bonchev–Trinajstić information content (AvgIpc) is 2.93. The van der Waals surface area contributed by atoms with Crippen LogP contribution in [-0.2, 0) is 19.7 Å². The van der Waals surface area contributed by atoms with Crippen LogP contribution in [0.3, 0.4) is 0 Å². The first-order valence-corrected chi connectivity index (χ1v) is 7.62. The number of rotatable bonds is 8. The topological polar surface area (TPSA) is 39.1 Å². The fourth-order valence-electron chi connectivity index (χ4n) is 2.20. The smallest absolute Gasteiger partial charge is 0.146 e. The van der Waals surface area contributed by atoms with Crippen molar-refractivity contribution in [2.24, 2.45) is 5.92 Å². The average molecular weight is 287 g/mol. The molecule has 0 aliphatic carbocycles. The van der Waals surface area contributed by atoms with Gasteiger partial charge in [-0.05, 0) is 25.5 Å². The second kappa shape index (κ2) is 7.84. The van der Waals surface area contributed by atoms with Crippen molar-refractivity contribution in [3.63, 3.8) is 0 Å². The molecule has 1 N–H and O–H groups in total. The number of nitrogens with one attached hydrogen (secondary N) is 1. The Labute approximate surface area is 127 Å². The Morgan fingerprint density at radius 2 is 2.10 bits per heavy atom. The first-order chi connectivity index (χ1) is 10.2. The van der Waals surface area contributed by atoms with Gasteiger partial charge in [0.25, 0.3) is 0 Å². The lowest BCUT2D eigenvalue weighted by atomic mass is 10.2. The number of aromatic nitrogens is 2. The van der Waals surface area contributed by atoms with E-state index in [0.717, 1.165) is 31.2 Å². The highest BCUT2D eigenvalue weighted by Gasteiger charge is 2.06. The Bertz CT molecular complexity index is 548. The molecule has 0 aliphatic rings. The largest absolute Gasteiger partial charge is 0.485 e. The lowest BCUT2D eigenvalue weighted by Gasteiger charge is -2.13. The Morgan fingerprint density at radius 3 is 2.86 bits per heavy atom. The molecule has 0 fully saturated rings. The molecule has 0 atom stereocenters. The molecule has 0 saturated heterocycles. The van der Waals surface area contributed by atoms with Gasteiger partial charge < -0.3 is 14.6 Å². The number of benzene rings is 1. The molecule has 0 radical (unpaired) electrons. The van der Waals surface area contributed by atoms with Crippen LogP contribution in [0.2, 0.25) is 0 Å². The molecule has 2 rings (SSSR count). The number of imidazole rings is 1. The molecule has 0 saturated carbocycles. The molecule has 2 aromatic rings. The summed E-state index contributed by atoms with van der Waals surface area (Å²) < 4.78 is 8.06. The molecule has 1 heterocycles. The molecule has 21 heavy (non-hydrogen) atoms. The van der Waals surface area contributed by atoms with Gasteiger partial charge in [-0.3, -0.25) is 0 Å². The molecular formula is C17H25N3O. The maximum Gasteiger partial charge on any atom is 0.146 e. The summed E-state index contributed by atoms with van der Waals surface area (Å²) >= 11 is 0. The zero-order valence-electron chi connectivity index (χ0n) is 13.2. The molecule has 0 unspecified atom stereocenters. The summed E-state index contributed by atoms with van der Waals surface area (Å²) in [6.07, 6.45) is 3.80. The van der Waals surface area contributed by atoms with Crippen LogP contribution in [0.15, 0.2) is 36.7 Å². The summed E-state index contributed by atoms with van der Waals surface area (Å²) in [5.41, 5.74) is 1.19. The number of nitrogens with zero attached hydrogens (tertiary/aromatic N) is 2. The van der Waals surface area contributed by atoms with Crippen molar-refractivity contribution in [3.8, 4) is 5.75 Å². The zero-order chi connectivity index (χ0) is 15.1. The van der Waals surface area contributed by atoms with E-state index in [2.05, 4.69) is 41.7 Å². The Hall–Kier alpha value is -1.81. The highest BCUT2D eigenvalue weighted by atomic mass is 16.5. The van der Waals surface area contributed by atoms with Gasteiger partial charge in [0, 0.05) is 31.0 Å². The number of para-hydroxylation sites is 1. The Balaban J connectivity index is 1.96. The van der Waals surface area contributed by atoms with Gasteiger partial charge in [0.1, 0.15) is 18.2 Å². The molecule has 0 aliphatic heterocycles. The predicted molar refractivity (Wildman–Crippen MR) is 85.2 cm³/mol. The van der Waals surface area contributed by atoms with Gasteiger partial charge in [0.05, 0.1) is 0 Å². The summed E-state index contributed by atoms with van der Waals surface area (Å²) in [6.45, 7) is 9.78. The van der Waals surface area contributed by atoms with Crippen LogP contribution in [0, 0.1) is 5.92 Å². The van der Waals surface area contributed by atoms with E-state index in [0.29, 0.717) is 12.5 Å². The summed E-state index contributed by atoms with van der Waals surface area (Å²) in [7, 11) is 0. The zero-order valence-corrected chi connectivity index (χ0v) is 13.2. The van der Waals surface area contributed by atoms with Gasteiger partial charge in [0.2, 0.25) is 0 Å². The van der Waals surface area contributed by atoms with E-state index >= 15 is 0 Å². The van der Waals surface area contributed by atoms with Crippen molar-refractivity contribution in [1.82, 2.24) is 14.9 Å². The number of ether oxygens (including phenoxy) is 1. The van der Waals surface area contributed by atoms with Crippen molar-refractivity contribution in [3.05, 3.63) is 48.0 Å². The van der Waals surface area contributed by atoms with Crippen molar-refractivity contribution < 1.29 is 4.74 Å². The highest BCUT2D eigenvalue weighted by Crippen LogP contribution is 2.19. The van der Waals surface area contributed by atoms with E-state index in [9.17, 15) is 0 Å². The first-order valence-electron chi connectivity index (χ1n) is 7.62. The summed E-state index contributed by atoms with van der Waals surface area (Å²) in [4.78, 5) is 4.34. The van der Waals surface area contributed by atoms with Crippen molar-refractivity contribution in [2.75, 3.05) is 6.54 Å². The van der Waals surface area contributed by atoms with Crippen LogP contribution >= 0.6 is 0 Å². The Morgan fingerprint density at radius 1 is 1.29 bits per heavy atom. The van der Waals surface area contributed by atoms with Gasteiger partial charge >= 0.3 is 0 Å². The lowest BCUT2D eigenvalue weighted by molar-refractivity contribution is 0.286. The standard InChI is InChI=1S/C17H25N3O/c1-4-20-10-9-19-17(20)13-21-16-8-6-5-7-15(16)12-18-11-14(2)3/h5-10,14,18H,4,11-13H2,1-3H3. The number of hydrogen-bond acceptors (Lipinski definition) is 3. The van der Waals surface area contributed by atoms with Crippen LogP contribution in [0.1, 0.15) is 32.2 Å². The maximum atomic E-state index is 5.96. The predicted octanol–water partition coefficient (Wildman–Crippen LogP) is 3.23. The van der Waals surface area contributed by atoms with Crippen molar-refractivity contribution in [2.45, 2.75) is 40.5 Å². The van der Waals surface area contributed by atoms with Crippen LogP contribution in [0.4, 0.5) is 0 Å². The third-order valence-corrected chi connectivity index (χ3v) is 3.34. The number of aryl methyl sites for hydroxylation is 1. The second-order valence-corrected chi connectivity index (χ2v) is 5.55. The van der Waals surface area contributed by atoms with Gasteiger partial charge in [-0.1, -0.05) is 32.0 Å². The van der Waals surface area contributed by atoms with Crippen LogP contribution in [0.25, 0.3) is 0 Å². The third kappa shape index (κ3) is 4.60. The maximum absolute atomic E-state index is 5.96. The van der Waals surface area contributed by atoms with E-state index in [-0.39, 0.29) is 0 Å². The van der Waals surface area contributed by atoms with Crippen LogP contribution in [0.5, 0.6) is 5.75 Å². The minimum Gasteiger partial charge on any atom is -0.485 e. The van der Waals surface area contributed by atoms with E-state index in [4.69, 9.17) is 4.74 Å². The molecule has 4 nitrogen and oxygen atoms in total. The van der Waals surface area contributed by atoms with Gasteiger partial charge in [0.15, 0.2) is 0 Å². The SMILES string of the molecule is CCn1ccnc1COc1ccccc1CNCC(C)C. The molecule has 1 aromatic heterocycles. The molecule has 4 heteroatoms.